The summed E-state index contributed by atoms with van der Waals surface area (Å²) >= 11 is 1.56. The van der Waals surface area contributed by atoms with Gasteiger partial charge in [0.25, 0.3) is 5.91 Å². The van der Waals surface area contributed by atoms with Crippen LogP contribution in [0.5, 0.6) is 0 Å². The first-order valence-corrected chi connectivity index (χ1v) is 9.32. The molecule has 0 atom stereocenters. The number of likely N-dealkylation sites (tertiary alicyclic amines) is 2. The molecular formula is C17H23F3N2O3S. The average molecular weight is 392 g/mol. The normalized spacial score (nSPS) is 20.4. The lowest BCUT2D eigenvalue weighted by Gasteiger charge is -2.47. The van der Waals surface area contributed by atoms with Crippen molar-refractivity contribution in [3.8, 4) is 0 Å². The number of carbonyl (C=O) groups is 2. The highest BCUT2D eigenvalue weighted by molar-refractivity contribution is 7.12. The summed E-state index contributed by atoms with van der Waals surface area (Å²) in [4.78, 5) is 26.8. The summed E-state index contributed by atoms with van der Waals surface area (Å²) in [6, 6.07) is 3.91. The second kappa shape index (κ2) is 8.39. The van der Waals surface area contributed by atoms with Gasteiger partial charge in [-0.05, 0) is 62.7 Å². The summed E-state index contributed by atoms with van der Waals surface area (Å²) in [5.41, 5.74) is 0.400. The smallest absolute Gasteiger partial charge is 0.475 e. The van der Waals surface area contributed by atoms with Gasteiger partial charge < -0.3 is 14.9 Å². The molecule has 2 aliphatic rings. The Hall–Kier alpha value is -1.61. The van der Waals surface area contributed by atoms with Gasteiger partial charge in [0, 0.05) is 13.1 Å². The summed E-state index contributed by atoms with van der Waals surface area (Å²) in [7, 11) is 2.20. The van der Waals surface area contributed by atoms with Crippen LogP contribution in [0.4, 0.5) is 13.2 Å². The maximum Gasteiger partial charge on any atom is 0.490 e. The van der Waals surface area contributed by atoms with E-state index in [1.165, 1.54) is 38.8 Å². The molecule has 0 unspecified atom stereocenters. The van der Waals surface area contributed by atoms with Crippen molar-refractivity contribution in [3.05, 3.63) is 22.4 Å². The van der Waals surface area contributed by atoms with Gasteiger partial charge in [0.05, 0.1) is 4.88 Å². The maximum atomic E-state index is 12.5. The van der Waals surface area contributed by atoms with E-state index in [1.807, 2.05) is 17.5 Å². The molecule has 0 aromatic carbocycles. The number of rotatable bonds is 1. The number of carboxylic acids is 1. The van der Waals surface area contributed by atoms with Crippen molar-refractivity contribution in [2.45, 2.75) is 31.9 Å². The second-order valence-corrected chi connectivity index (χ2v) is 7.86. The van der Waals surface area contributed by atoms with Crippen LogP contribution in [0, 0.1) is 5.41 Å². The number of alkyl halides is 3. The first-order valence-electron chi connectivity index (χ1n) is 8.44. The number of aliphatic carboxylic acids is 1. The first-order chi connectivity index (χ1) is 12.1. The van der Waals surface area contributed by atoms with Crippen molar-refractivity contribution in [1.29, 1.82) is 0 Å². The van der Waals surface area contributed by atoms with E-state index in [4.69, 9.17) is 9.90 Å². The summed E-state index contributed by atoms with van der Waals surface area (Å²) in [6.07, 6.45) is -0.120. The van der Waals surface area contributed by atoms with Crippen molar-refractivity contribution in [3.63, 3.8) is 0 Å². The Bertz CT molecular complexity index is 611. The van der Waals surface area contributed by atoms with Crippen LogP contribution in [-0.4, -0.2) is 66.2 Å². The van der Waals surface area contributed by atoms with E-state index in [2.05, 4.69) is 16.8 Å². The van der Waals surface area contributed by atoms with Crippen LogP contribution in [0.1, 0.15) is 35.4 Å². The van der Waals surface area contributed by atoms with Gasteiger partial charge in [-0.3, -0.25) is 4.79 Å². The van der Waals surface area contributed by atoms with E-state index < -0.39 is 12.1 Å². The second-order valence-electron chi connectivity index (χ2n) is 6.91. The first kappa shape index (κ1) is 20.7. The third kappa shape index (κ3) is 5.44. The molecule has 1 aromatic heterocycles. The van der Waals surface area contributed by atoms with Gasteiger partial charge >= 0.3 is 12.1 Å². The molecule has 0 radical (unpaired) electrons. The van der Waals surface area contributed by atoms with Crippen LogP contribution in [0.3, 0.4) is 0 Å². The quantitative estimate of drug-likeness (QED) is 0.797. The van der Waals surface area contributed by atoms with Crippen molar-refractivity contribution in [1.82, 2.24) is 9.80 Å². The fourth-order valence-electron chi connectivity index (χ4n) is 3.44. The predicted molar refractivity (Wildman–Crippen MR) is 92.3 cm³/mol. The molecule has 1 aromatic rings. The van der Waals surface area contributed by atoms with Crippen LogP contribution in [0.25, 0.3) is 0 Å². The largest absolute Gasteiger partial charge is 0.490 e. The molecular weight excluding hydrogens is 369 g/mol. The molecule has 9 heteroatoms. The van der Waals surface area contributed by atoms with Crippen LogP contribution >= 0.6 is 11.3 Å². The Morgan fingerprint density at radius 2 is 1.81 bits per heavy atom. The highest BCUT2D eigenvalue weighted by Gasteiger charge is 2.39. The Labute approximate surface area is 154 Å². The summed E-state index contributed by atoms with van der Waals surface area (Å²) < 4.78 is 31.7. The third-order valence-corrected chi connectivity index (χ3v) is 5.83. The zero-order valence-corrected chi connectivity index (χ0v) is 15.4. The van der Waals surface area contributed by atoms with Crippen LogP contribution in [0.15, 0.2) is 17.5 Å². The standard InChI is InChI=1S/C15H22N2OS.C2HF3O2/c1-16-9-6-15(7-10-16)5-3-8-17(12-15)14(18)13-4-2-11-19-13;3-2(4,5)1(6)7/h2,4,11H,3,5-10,12H2,1H3;(H,6,7). The number of piperidine rings is 2. The van der Waals surface area contributed by atoms with E-state index in [9.17, 15) is 18.0 Å². The monoisotopic (exact) mass is 392 g/mol. The van der Waals surface area contributed by atoms with E-state index in [-0.39, 0.29) is 5.91 Å². The minimum absolute atomic E-state index is 0.244. The molecule has 0 saturated carbocycles. The molecule has 3 heterocycles. The van der Waals surface area contributed by atoms with Crippen LogP contribution in [-0.2, 0) is 4.79 Å². The van der Waals surface area contributed by atoms with Gasteiger partial charge in [0.2, 0.25) is 0 Å². The summed E-state index contributed by atoms with van der Waals surface area (Å²) in [5, 5.41) is 9.11. The number of hydrogen-bond acceptors (Lipinski definition) is 4. The lowest BCUT2D eigenvalue weighted by Crippen LogP contribution is -2.50. The van der Waals surface area contributed by atoms with E-state index >= 15 is 0 Å². The fraction of sp³-hybridized carbons (Fsp3) is 0.647. The van der Waals surface area contributed by atoms with Gasteiger partial charge in [-0.1, -0.05) is 6.07 Å². The van der Waals surface area contributed by atoms with E-state index in [0.717, 1.165) is 18.0 Å². The molecule has 1 N–H and O–H groups in total. The summed E-state index contributed by atoms with van der Waals surface area (Å²) in [5.74, 6) is -2.51. The Morgan fingerprint density at radius 3 is 2.31 bits per heavy atom. The average Bonchev–Trinajstić information content (AvgIpc) is 3.12. The van der Waals surface area contributed by atoms with Gasteiger partial charge in [0.1, 0.15) is 0 Å². The third-order valence-electron chi connectivity index (χ3n) is 4.97. The number of carboxylic acid groups (broad SMARTS) is 1. The molecule has 0 aliphatic carbocycles. The van der Waals surface area contributed by atoms with Crippen molar-refractivity contribution < 1.29 is 27.9 Å². The van der Waals surface area contributed by atoms with E-state index in [0.29, 0.717) is 5.41 Å². The number of thiophene rings is 1. The molecule has 3 rings (SSSR count). The highest BCUT2D eigenvalue weighted by Crippen LogP contribution is 2.40. The number of amides is 1. The Balaban J connectivity index is 0.000000298. The maximum absolute atomic E-state index is 12.5. The van der Waals surface area contributed by atoms with Crippen molar-refractivity contribution in [2.75, 3.05) is 33.2 Å². The highest BCUT2D eigenvalue weighted by atomic mass is 32.1. The molecule has 26 heavy (non-hydrogen) atoms. The minimum Gasteiger partial charge on any atom is -0.475 e. The molecule has 5 nitrogen and oxygen atoms in total. The molecule has 2 saturated heterocycles. The number of nitrogens with zero attached hydrogens (tertiary/aromatic N) is 2. The fourth-order valence-corrected chi connectivity index (χ4v) is 4.13. The number of carbonyl (C=O) groups excluding carboxylic acids is 1. The van der Waals surface area contributed by atoms with Gasteiger partial charge in [-0.25, -0.2) is 4.79 Å². The topological polar surface area (TPSA) is 60.9 Å². The van der Waals surface area contributed by atoms with Crippen molar-refractivity contribution >= 4 is 23.2 Å². The Morgan fingerprint density at radius 1 is 1.19 bits per heavy atom. The van der Waals surface area contributed by atoms with Gasteiger partial charge in [0.15, 0.2) is 0 Å². The zero-order valence-electron chi connectivity index (χ0n) is 14.6. The van der Waals surface area contributed by atoms with Crippen molar-refractivity contribution in [2.24, 2.45) is 5.41 Å². The predicted octanol–water partition coefficient (Wildman–Crippen LogP) is 3.33. The molecule has 2 fully saturated rings. The Kier molecular flexibility index (Phi) is 6.68. The summed E-state index contributed by atoms with van der Waals surface area (Å²) in [6.45, 7) is 4.27. The van der Waals surface area contributed by atoms with Crippen LogP contribution in [0.2, 0.25) is 0 Å². The lowest BCUT2D eigenvalue weighted by atomic mass is 9.72. The lowest BCUT2D eigenvalue weighted by molar-refractivity contribution is -0.192. The molecule has 0 bridgehead atoms. The SMILES string of the molecule is CN1CCC2(CCCN(C(=O)c3cccs3)C2)CC1.O=C(O)C(F)(F)F. The van der Waals surface area contributed by atoms with Crippen LogP contribution < -0.4 is 0 Å². The number of hydrogen-bond donors (Lipinski definition) is 1. The van der Waals surface area contributed by atoms with Gasteiger partial charge in [-0.15, -0.1) is 11.3 Å². The van der Waals surface area contributed by atoms with E-state index in [1.54, 1.807) is 11.3 Å². The number of halogens is 3. The molecule has 2 aliphatic heterocycles. The molecule has 1 amide bonds. The van der Waals surface area contributed by atoms with Gasteiger partial charge in [-0.2, -0.15) is 13.2 Å². The zero-order chi connectivity index (χ0) is 19.4. The minimum atomic E-state index is -5.08. The molecule has 146 valence electrons. The molecule has 1 spiro atoms.